The lowest BCUT2D eigenvalue weighted by molar-refractivity contribution is 0.111. The molecule has 1 rings (SSSR count). The van der Waals surface area contributed by atoms with Gasteiger partial charge in [-0.1, -0.05) is 6.92 Å². The van der Waals surface area contributed by atoms with E-state index in [4.69, 9.17) is 0 Å². The molecule has 0 radical (unpaired) electrons. The van der Waals surface area contributed by atoms with E-state index < -0.39 is 5.95 Å². The highest BCUT2D eigenvalue weighted by atomic mass is 19.1. The van der Waals surface area contributed by atoms with Crippen molar-refractivity contribution >= 4 is 6.29 Å². The predicted octanol–water partition coefficient (Wildman–Crippen LogP) is 1.60. The molecule has 0 fully saturated rings. The summed E-state index contributed by atoms with van der Waals surface area (Å²) >= 11 is 0. The Balaban J connectivity index is 3.12. The van der Waals surface area contributed by atoms with E-state index in [9.17, 15) is 9.18 Å². The number of pyridine rings is 1. The molecule has 2 nitrogen and oxygen atoms in total. The summed E-state index contributed by atoms with van der Waals surface area (Å²) in [4.78, 5) is 13.6. The second kappa shape index (κ2) is 3.23. The van der Waals surface area contributed by atoms with Gasteiger partial charge in [0.2, 0.25) is 5.95 Å². The van der Waals surface area contributed by atoms with Crippen LogP contribution in [0, 0.1) is 5.95 Å². The van der Waals surface area contributed by atoms with E-state index in [0.29, 0.717) is 6.29 Å². The van der Waals surface area contributed by atoms with Crippen molar-refractivity contribution < 1.29 is 9.18 Å². The molecule has 0 bridgehead atoms. The summed E-state index contributed by atoms with van der Waals surface area (Å²) < 4.78 is 12.6. The van der Waals surface area contributed by atoms with Gasteiger partial charge < -0.3 is 0 Å². The third-order valence-corrected chi connectivity index (χ3v) is 1.46. The minimum atomic E-state index is -0.697. The standard InChI is InChI=1S/C8H8FNO/c1-2-6-3-7(5-11)8(9)10-4-6/h3-5H,2H2,1H3. The van der Waals surface area contributed by atoms with Crippen LogP contribution in [-0.2, 0) is 6.42 Å². The van der Waals surface area contributed by atoms with Crippen molar-refractivity contribution in [2.45, 2.75) is 13.3 Å². The fourth-order valence-corrected chi connectivity index (χ4v) is 0.787. The van der Waals surface area contributed by atoms with Gasteiger partial charge in [-0.25, -0.2) is 4.98 Å². The third-order valence-electron chi connectivity index (χ3n) is 1.46. The van der Waals surface area contributed by atoms with Crippen LogP contribution in [0.2, 0.25) is 0 Å². The number of aldehydes is 1. The van der Waals surface area contributed by atoms with Crippen molar-refractivity contribution in [3.05, 3.63) is 29.3 Å². The SMILES string of the molecule is CCc1cnc(F)c(C=O)c1. The lowest BCUT2D eigenvalue weighted by atomic mass is 10.2. The van der Waals surface area contributed by atoms with Gasteiger partial charge in [0.15, 0.2) is 6.29 Å². The quantitative estimate of drug-likeness (QED) is 0.477. The highest BCUT2D eigenvalue weighted by Crippen LogP contribution is 2.05. The molecular weight excluding hydrogens is 145 g/mol. The van der Waals surface area contributed by atoms with E-state index in [2.05, 4.69) is 4.98 Å². The van der Waals surface area contributed by atoms with E-state index in [-0.39, 0.29) is 5.56 Å². The molecule has 0 amide bonds. The van der Waals surface area contributed by atoms with E-state index in [1.54, 1.807) is 0 Å². The zero-order valence-electron chi connectivity index (χ0n) is 6.17. The second-order valence-corrected chi connectivity index (χ2v) is 2.20. The van der Waals surface area contributed by atoms with Crippen molar-refractivity contribution in [3.63, 3.8) is 0 Å². The van der Waals surface area contributed by atoms with E-state index in [1.165, 1.54) is 12.3 Å². The smallest absolute Gasteiger partial charge is 0.223 e. The predicted molar refractivity (Wildman–Crippen MR) is 39.0 cm³/mol. The van der Waals surface area contributed by atoms with Crippen molar-refractivity contribution in [2.75, 3.05) is 0 Å². The normalized spacial score (nSPS) is 9.64. The van der Waals surface area contributed by atoms with Crippen molar-refractivity contribution in [2.24, 2.45) is 0 Å². The number of halogens is 1. The summed E-state index contributed by atoms with van der Waals surface area (Å²) in [7, 11) is 0. The van der Waals surface area contributed by atoms with Crippen LogP contribution in [0.25, 0.3) is 0 Å². The second-order valence-electron chi connectivity index (χ2n) is 2.20. The van der Waals surface area contributed by atoms with Gasteiger partial charge >= 0.3 is 0 Å². The van der Waals surface area contributed by atoms with Crippen LogP contribution < -0.4 is 0 Å². The van der Waals surface area contributed by atoms with Crippen LogP contribution in [0.4, 0.5) is 4.39 Å². The number of nitrogens with zero attached hydrogens (tertiary/aromatic N) is 1. The van der Waals surface area contributed by atoms with Crippen LogP contribution in [0.3, 0.4) is 0 Å². The van der Waals surface area contributed by atoms with Gasteiger partial charge in [0.1, 0.15) is 0 Å². The largest absolute Gasteiger partial charge is 0.298 e. The first-order valence-corrected chi connectivity index (χ1v) is 3.37. The number of hydrogen-bond donors (Lipinski definition) is 0. The average molecular weight is 153 g/mol. The van der Waals surface area contributed by atoms with Crippen molar-refractivity contribution in [1.82, 2.24) is 4.98 Å². The van der Waals surface area contributed by atoms with E-state index in [1.807, 2.05) is 6.92 Å². The first-order valence-electron chi connectivity index (χ1n) is 3.37. The monoisotopic (exact) mass is 153 g/mol. The summed E-state index contributed by atoms with van der Waals surface area (Å²) in [5.41, 5.74) is 0.901. The molecule has 0 atom stereocenters. The average Bonchev–Trinajstić information content (AvgIpc) is 2.05. The molecule has 0 aromatic carbocycles. The van der Waals surface area contributed by atoms with Crippen LogP contribution in [-0.4, -0.2) is 11.3 Å². The molecule has 1 heterocycles. The Morgan fingerprint density at radius 2 is 2.45 bits per heavy atom. The van der Waals surface area contributed by atoms with Crippen molar-refractivity contribution in [1.29, 1.82) is 0 Å². The number of rotatable bonds is 2. The Bertz CT molecular complexity index is 273. The highest BCUT2D eigenvalue weighted by Gasteiger charge is 2.01. The molecule has 0 aliphatic rings. The minimum absolute atomic E-state index is 0.0318. The van der Waals surface area contributed by atoms with Crippen LogP contribution >= 0.6 is 0 Å². The molecule has 1 aromatic heterocycles. The van der Waals surface area contributed by atoms with Gasteiger partial charge in [-0.05, 0) is 18.1 Å². The van der Waals surface area contributed by atoms with Gasteiger partial charge in [-0.2, -0.15) is 4.39 Å². The van der Waals surface area contributed by atoms with Gasteiger partial charge in [-0.15, -0.1) is 0 Å². The van der Waals surface area contributed by atoms with Crippen LogP contribution in [0.15, 0.2) is 12.3 Å². The maximum absolute atomic E-state index is 12.6. The number of carbonyl (C=O) groups excluding carboxylic acids is 1. The lowest BCUT2D eigenvalue weighted by Crippen LogP contribution is -1.94. The minimum Gasteiger partial charge on any atom is -0.298 e. The van der Waals surface area contributed by atoms with Gasteiger partial charge in [-0.3, -0.25) is 4.79 Å². The Hall–Kier alpha value is -1.25. The molecule has 0 N–H and O–H groups in total. The maximum Gasteiger partial charge on any atom is 0.223 e. The zero-order valence-corrected chi connectivity index (χ0v) is 6.17. The molecular formula is C8H8FNO. The van der Waals surface area contributed by atoms with Gasteiger partial charge in [0, 0.05) is 6.20 Å². The van der Waals surface area contributed by atoms with E-state index in [0.717, 1.165) is 12.0 Å². The molecule has 58 valence electrons. The Kier molecular flexibility index (Phi) is 2.31. The number of carbonyl (C=O) groups is 1. The molecule has 0 aliphatic heterocycles. The summed E-state index contributed by atoms with van der Waals surface area (Å²) in [6, 6.07) is 1.51. The first kappa shape index (κ1) is 7.85. The zero-order chi connectivity index (χ0) is 8.27. The number of hydrogen-bond acceptors (Lipinski definition) is 2. The number of aromatic nitrogens is 1. The third kappa shape index (κ3) is 1.61. The molecule has 0 saturated carbocycles. The Labute approximate surface area is 64.1 Å². The Morgan fingerprint density at radius 3 is 3.00 bits per heavy atom. The maximum atomic E-state index is 12.6. The van der Waals surface area contributed by atoms with Gasteiger partial charge in [0.05, 0.1) is 5.56 Å². The van der Waals surface area contributed by atoms with Gasteiger partial charge in [0.25, 0.3) is 0 Å². The molecule has 3 heteroatoms. The molecule has 0 aliphatic carbocycles. The fraction of sp³-hybridized carbons (Fsp3) is 0.250. The molecule has 0 saturated heterocycles. The highest BCUT2D eigenvalue weighted by molar-refractivity contribution is 5.74. The Morgan fingerprint density at radius 1 is 1.73 bits per heavy atom. The van der Waals surface area contributed by atoms with E-state index >= 15 is 0 Å². The molecule has 0 spiro atoms. The number of aryl methyl sites for hydroxylation is 1. The first-order chi connectivity index (χ1) is 5.27. The summed E-state index contributed by atoms with van der Waals surface area (Å²) in [6.07, 6.45) is 2.66. The lowest BCUT2D eigenvalue weighted by Gasteiger charge is -1.96. The summed E-state index contributed by atoms with van der Waals surface area (Å²) in [5.74, 6) is -0.697. The molecule has 1 aromatic rings. The molecule has 0 unspecified atom stereocenters. The molecule has 11 heavy (non-hydrogen) atoms. The fourth-order valence-electron chi connectivity index (χ4n) is 0.787. The van der Waals surface area contributed by atoms with Crippen molar-refractivity contribution in [3.8, 4) is 0 Å². The topological polar surface area (TPSA) is 30.0 Å². The summed E-state index contributed by atoms with van der Waals surface area (Å²) in [5, 5.41) is 0. The summed E-state index contributed by atoms with van der Waals surface area (Å²) in [6.45, 7) is 1.92. The van der Waals surface area contributed by atoms with Crippen LogP contribution in [0.5, 0.6) is 0 Å². The van der Waals surface area contributed by atoms with Crippen LogP contribution in [0.1, 0.15) is 22.8 Å².